The van der Waals surface area contributed by atoms with Crippen LogP contribution in [0.25, 0.3) is 0 Å². The molecule has 1 N–H and O–H groups in total. The lowest BCUT2D eigenvalue weighted by Gasteiger charge is -2.24. The monoisotopic (exact) mass is 252 g/mol. The second-order valence-corrected chi connectivity index (χ2v) is 4.59. The van der Waals surface area contributed by atoms with E-state index in [9.17, 15) is 4.79 Å². The van der Waals surface area contributed by atoms with Crippen LogP contribution in [0.15, 0.2) is 23.1 Å². The van der Waals surface area contributed by atoms with Gasteiger partial charge in [-0.05, 0) is 48.4 Å². The SMILES string of the molecule is CC.O=C(O)CC1CCCc2cc(S)ccc21. The minimum atomic E-state index is -0.706. The summed E-state index contributed by atoms with van der Waals surface area (Å²) in [5.74, 6) is -0.511. The second-order valence-electron chi connectivity index (χ2n) is 4.07. The molecule has 1 atom stereocenters. The van der Waals surface area contributed by atoms with E-state index >= 15 is 0 Å². The van der Waals surface area contributed by atoms with Crippen molar-refractivity contribution in [2.45, 2.75) is 50.3 Å². The highest BCUT2D eigenvalue weighted by atomic mass is 32.1. The van der Waals surface area contributed by atoms with Gasteiger partial charge in [0.15, 0.2) is 0 Å². The highest BCUT2D eigenvalue weighted by Gasteiger charge is 2.22. The first-order valence-corrected chi connectivity index (χ1v) is 6.65. The van der Waals surface area contributed by atoms with Gasteiger partial charge in [0.05, 0.1) is 6.42 Å². The van der Waals surface area contributed by atoms with Crippen molar-refractivity contribution < 1.29 is 9.90 Å². The van der Waals surface area contributed by atoms with Crippen LogP contribution in [0.1, 0.15) is 50.2 Å². The Balaban J connectivity index is 0.000000686. The second kappa shape index (κ2) is 6.70. The van der Waals surface area contributed by atoms with Gasteiger partial charge in [0, 0.05) is 4.90 Å². The molecule has 2 nitrogen and oxygen atoms in total. The summed E-state index contributed by atoms with van der Waals surface area (Å²) in [7, 11) is 0. The smallest absolute Gasteiger partial charge is 0.303 e. The van der Waals surface area contributed by atoms with E-state index in [0.717, 1.165) is 24.2 Å². The van der Waals surface area contributed by atoms with Crippen LogP contribution in [0.3, 0.4) is 0 Å². The number of rotatable bonds is 2. The van der Waals surface area contributed by atoms with Crippen molar-refractivity contribution in [1.29, 1.82) is 0 Å². The zero-order valence-electron chi connectivity index (χ0n) is 10.4. The third-order valence-electron chi connectivity index (χ3n) is 2.99. The fraction of sp³-hybridized carbons (Fsp3) is 0.500. The molecule has 1 aliphatic rings. The molecular weight excluding hydrogens is 232 g/mol. The number of hydrogen-bond acceptors (Lipinski definition) is 2. The maximum absolute atomic E-state index is 10.7. The molecule has 94 valence electrons. The molecule has 0 amide bonds. The van der Waals surface area contributed by atoms with Crippen LogP contribution in [0.2, 0.25) is 0 Å². The zero-order valence-corrected chi connectivity index (χ0v) is 11.3. The molecule has 0 heterocycles. The first kappa shape index (κ1) is 14.1. The van der Waals surface area contributed by atoms with Crippen molar-refractivity contribution in [3.8, 4) is 0 Å². The number of hydrogen-bond donors (Lipinski definition) is 2. The van der Waals surface area contributed by atoms with Gasteiger partial charge >= 0.3 is 5.97 Å². The van der Waals surface area contributed by atoms with E-state index < -0.39 is 5.97 Å². The van der Waals surface area contributed by atoms with E-state index in [4.69, 9.17) is 5.11 Å². The van der Waals surface area contributed by atoms with Crippen molar-refractivity contribution >= 4 is 18.6 Å². The number of carbonyl (C=O) groups is 1. The van der Waals surface area contributed by atoms with Gasteiger partial charge in [-0.1, -0.05) is 19.9 Å². The summed E-state index contributed by atoms with van der Waals surface area (Å²) >= 11 is 4.30. The first-order valence-electron chi connectivity index (χ1n) is 6.20. The summed E-state index contributed by atoms with van der Waals surface area (Å²) in [5.41, 5.74) is 2.49. The Morgan fingerprint density at radius 1 is 1.47 bits per heavy atom. The van der Waals surface area contributed by atoms with Gasteiger partial charge in [0.25, 0.3) is 0 Å². The molecule has 0 radical (unpaired) electrons. The maximum Gasteiger partial charge on any atom is 0.303 e. The van der Waals surface area contributed by atoms with Crippen molar-refractivity contribution in [3.63, 3.8) is 0 Å². The molecule has 0 fully saturated rings. The van der Waals surface area contributed by atoms with E-state index in [-0.39, 0.29) is 12.3 Å². The number of aliphatic carboxylic acids is 1. The molecule has 1 unspecified atom stereocenters. The van der Waals surface area contributed by atoms with Crippen LogP contribution >= 0.6 is 12.6 Å². The van der Waals surface area contributed by atoms with E-state index in [1.54, 1.807) is 0 Å². The summed E-state index contributed by atoms with van der Waals surface area (Å²) in [4.78, 5) is 11.7. The molecule has 2 rings (SSSR count). The Kier molecular flexibility index (Phi) is 5.56. The number of carboxylic acid groups (broad SMARTS) is 1. The molecule has 0 spiro atoms. The predicted octanol–water partition coefficient (Wildman–Crippen LogP) is 3.90. The molecule has 0 aromatic heterocycles. The van der Waals surface area contributed by atoms with Gasteiger partial charge in [0.1, 0.15) is 0 Å². The summed E-state index contributed by atoms with van der Waals surface area (Å²) in [6, 6.07) is 6.04. The van der Waals surface area contributed by atoms with E-state index in [1.165, 1.54) is 11.1 Å². The highest BCUT2D eigenvalue weighted by Crippen LogP contribution is 2.34. The number of aryl methyl sites for hydroxylation is 1. The Morgan fingerprint density at radius 3 is 2.82 bits per heavy atom. The van der Waals surface area contributed by atoms with Crippen LogP contribution < -0.4 is 0 Å². The first-order chi connectivity index (χ1) is 8.16. The predicted molar refractivity (Wildman–Crippen MR) is 73.0 cm³/mol. The Bertz CT molecular complexity index is 388. The van der Waals surface area contributed by atoms with Crippen LogP contribution in [0.5, 0.6) is 0 Å². The van der Waals surface area contributed by atoms with Crippen molar-refractivity contribution in [3.05, 3.63) is 29.3 Å². The lowest BCUT2D eigenvalue weighted by molar-refractivity contribution is -0.137. The number of carboxylic acids is 1. The molecule has 0 bridgehead atoms. The molecule has 1 aromatic rings. The van der Waals surface area contributed by atoms with Crippen LogP contribution in [0, 0.1) is 0 Å². The van der Waals surface area contributed by atoms with Gasteiger partial charge in [-0.2, -0.15) is 0 Å². The molecule has 1 aromatic carbocycles. The molecule has 0 saturated heterocycles. The topological polar surface area (TPSA) is 37.3 Å². The summed E-state index contributed by atoms with van der Waals surface area (Å²) in [6.07, 6.45) is 3.38. The lowest BCUT2D eigenvalue weighted by Crippen LogP contribution is -2.13. The molecule has 0 aliphatic heterocycles. The van der Waals surface area contributed by atoms with Gasteiger partial charge in [-0.15, -0.1) is 12.6 Å². The van der Waals surface area contributed by atoms with E-state index in [1.807, 2.05) is 26.0 Å². The Morgan fingerprint density at radius 2 is 2.18 bits per heavy atom. The van der Waals surface area contributed by atoms with Crippen LogP contribution in [0.4, 0.5) is 0 Å². The van der Waals surface area contributed by atoms with E-state index in [2.05, 4.69) is 18.7 Å². The van der Waals surface area contributed by atoms with Gasteiger partial charge in [-0.25, -0.2) is 0 Å². The average molecular weight is 252 g/mol. The zero-order chi connectivity index (χ0) is 12.8. The minimum Gasteiger partial charge on any atom is -0.481 e. The Labute approximate surface area is 108 Å². The maximum atomic E-state index is 10.7. The average Bonchev–Trinajstić information content (AvgIpc) is 2.31. The summed E-state index contributed by atoms with van der Waals surface area (Å²) < 4.78 is 0. The fourth-order valence-electron chi connectivity index (χ4n) is 2.32. The quantitative estimate of drug-likeness (QED) is 0.783. The third kappa shape index (κ3) is 3.77. The lowest BCUT2D eigenvalue weighted by atomic mass is 9.81. The standard InChI is InChI=1S/C12H14O2S.C2H6/c13-12(14)7-9-3-1-2-8-6-10(15)4-5-11(8)9;1-2/h4-6,9,15H,1-3,7H2,(H,13,14);1-2H3. The van der Waals surface area contributed by atoms with Gasteiger partial charge in [0.2, 0.25) is 0 Å². The van der Waals surface area contributed by atoms with E-state index in [0.29, 0.717) is 0 Å². The number of thiol groups is 1. The normalized spacial score (nSPS) is 17.7. The number of benzene rings is 1. The summed E-state index contributed by atoms with van der Waals surface area (Å²) in [6.45, 7) is 4.00. The largest absolute Gasteiger partial charge is 0.481 e. The molecule has 1 aliphatic carbocycles. The highest BCUT2D eigenvalue weighted by molar-refractivity contribution is 7.80. The van der Waals surface area contributed by atoms with Gasteiger partial charge < -0.3 is 5.11 Å². The fourth-order valence-corrected chi connectivity index (χ4v) is 2.55. The van der Waals surface area contributed by atoms with Crippen molar-refractivity contribution in [2.75, 3.05) is 0 Å². The molecule has 17 heavy (non-hydrogen) atoms. The number of fused-ring (bicyclic) bond motifs is 1. The molecular formula is C14H20O2S. The van der Waals surface area contributed by atoms with Crippen LogP contribution in [-0.4, -0.2) is 11.1 Å². The van der Waals surface area contributed by atoms with Crippen molar-refractivity contribution in [2.24, 2.45) is 0 Å². The third-order valence-corrected chi connectivity index (χ3v) is 3.26. The van der Waals surface area contributed by atoms with Gasteiger partial charge in [-0.3, -0.25) is 4.79 Å². The van der Waals surface area contributed by atoms with Crippen LogP contribution in [-0.2, 0) is 11.2 Å². The van der Waals surface area contributed by atoms with Crippen molar-refractivity contribution in [1.82, 2.24) is 0 Å². The Hall–Kier alpha value is -0.960. The molecule has 3 heteroatoms. The molecule has 0 saturated carbocycles. The minimum absolute atomic E-state index is 0.195. The summed E-state index contributed by atoms with van der Waals surface area (Å²) in [5, 5.41) is 8.83.